The number of aromatic nitrogens is 5. The number of nitrogens with two attached hydrogens (primary N) is 1. The lowest BCUT2D eigenvalue weighted by atomic mass is 10.0. The second-order valence-corrected chi connectivity index (χ2v) is 7.63. The minimum Gasteiger partial charge on any atom is -0.404 e. The van der Waals surface area contributed by atoms with Gasteiger partial charge in [0.05, 0.1) is 18.4 Å². The van der Waals surface area contributed by atoms with Crippen molar-refractivity contribution in [2.75, 3.05) is 25.0 Å². The van der Waals surface area contributed by atoms with E-state index in [0.717, 1.165) is 12.4 Å². The maximum Gasteiger partial charge on any atom is 0.434 e. The molecule has 32 heavy (non-hydrogen) atoms. The maximum atomic E-state index is 13.1. The quantitative estimate of drug-likeness (QED) is 0.592. The number of fused-ring (bicyclic) bond motifs is 1. The number of anilines is 1. The van der Waals surface area contributed by atoms with Gasteiger partial charge >= 0.3 is 6.18 Å². The van der Waals surface area contributed by atoms with E-state index in [1.807, 2.05) is 7.05 Å². The number of likely N-dealkylation sites (N-methyl/N-ethyl adjacent to an activating group) is 1. The fraction of sp³-hybridized carbons (Fsp3) is 0.350. The van der Waals surface area contributed by atoms with Crippen molar-refractivity contribution in [2.24, 2.45) is 5.73 Å². The zero-order valence-corrected chi connectivity index (χ0v) is 17.5. The molecule has 1 fully saturated rings. The topological polar surface area (TPSA) is 112 Å². The van der Waals surface area contributed by atoms with E-state index in [1.54, 1.807) is 12.3 Å². The summed E-state index contributed by atoms with van der Waals surface area (Å²) in [5.41, 5.74) is 5.97. The zero-order valence-electron chi connectivity index (χ0n) is 17.5. The first kappa shape index (κ1) is 21.7. The Hall–Kier alpha value is -3.54. The van der Waals surface area contributed by atoms with Gasteiger partial charge in [0.25, 0.3) is 0 Å². The van der Waals surface area contributed by atoms with E-state index >= 15 is 0 Å². The number of hydrogen-bond donors (Lipinski definition) is 2. The molecule has 2 unspecified atom stereocenters. The van der Waals surface area contributed by atoms with Gasteiger partial charge in [-0.15, -0.1) is 0 Å². The number of imidazole rings is 1. The number of hydrogen-bond acceptors (Lipinski definition) is 8. The van der Waals surface area contributed by atoms with E-state index in [-0.39, 0.29) is 23.6 Å². The Bertz CT molecular complexity index is 1170. The number of nitrogens with one attached hydrogen (secondary N) is 1. The van der Waals surface area contributed by atoms with E-state index in [4.69, 9.17) is 11.1 Å². The van der Waals surface area contributed by atoms with Crippen LogP contribution in [-0.4, -0.2) is 67.7 Å². The zero-order chi connectivity index (χ0) is 23.0. The van der Waals surface area contributed by atoms with Crippen LogP contribution in [0, 0.1) is 5.41 Å². The second-order valence-electron chi connectivity index (χ2n) is 7.63. The molecule has 0 aliphatic carbocycles. The Morgan fingerprint density at radius 2 is 2.00 bits per heavy atom. The molecule has 1 aliphatic rings. The lowest BCUT2D eigenvalue weighted by molar-refractivity contribution is -0.141. The molecule has 0 saturated carbocycles. The van der Waals surface area contributed by atoms with Gasteiger partial charge < -0.3 is 16.0 Å². The number of piperazine rings is 1. The van der Waals surface area contributed by atoms with Gasteiger partial charge in [0.15, 0.2) is 17.2 Å². The molecule has 168 valence electrons. The molecule has 0 radical (unpaired) electrons. The van der Waals surface area contributed by atoms with Crippen LogP contribution in [0.3, 0.4) is 0 Å². The summed E-state index contributed by atoms with van der Waals surface area (Å²) in [4.78, 5) is 20.6. The van der Waals surface area contributed by atoms with E-state index in [0.29, 0.717) is 30.2 Å². The first-order valence-corrected chi connectivity index (χ1v) is 9.85. The highest BCUT2D eigenvalue weighted by atomic mass is 19.4. The summed E-state index contributed by atoms with van der Waals surface area (Å²) in [5, 5.41) is 7.65. The third-order valence-electron chi connectivity index (χ3n) is 5.69. The molecule has 12 heteroatoms. The van der Waals surface area contributed by atoms with E-state index < -0.39 is 11.9 Å². The van der Waals surface area contributed by atoms with Crippen LogP contribution in [0.2, 0.25) is 0 Å². The van der Waals surface area contributed by atoms with Crippen LogP contribution in [0.4, 0.5) is 19.0 Å². The van der Waals surface area contributed by atoms with Gasteiger partial charge in [0, 0.05) is 49.5 Å². The molecule has 1 saturated heterocycles. The highest BCUT2D eigenvalue weighted by Gasteiger charge is 2.34. The van der Waals surface area contributed by atoms with E-state index in [9.17, 15) is 13.2 Å². The van der Waals surface area contributed by atoms with Crippen molar-refractivity contribution in [3.8, 4) is 11.5 Å². The Balaban J connectivity index is 1.71. The largest absolute Gasteiger partial charge is 0.434 e. The summed E-state index contributed by atoms with van der Waals surface area (Å²) in [5.74, 6) is 0.875. The lowest BCUT2D eigenvalue weighted by Gasteiger charge is -2.44. The molecule has 1 aliphatic heterocycles. The van der Waals surface area contributed by atoms with Crippen molar-refractivity contribution in [3.05, 3.63) is 48.3 Å². The first-order chi connectivity index (χ1) is 15.2. The van der Waals surface area contributed by atoms with E-state index in [2.05, 4.69) is 36.7 Å². The fourth-order valence-corrected chi connectivity index (χ4v) is 3.80. The van der Waals surface area contributed by atoms with Gasteiger partial charge in [-0.2, -0.15) is 13.2 Å². The summed E-state index contributed by atoms with van der Waals surface area (Å²) < 4.78 is 40.7. The van der Waals surface area contributed by atoms with Crippen LogP contribution >= 0.6 is 0 Å². The Labute approximate surface area is 181 Å². The van der Waals surface area contributed by atoms with Crippen molar-refractivity contribution in [3.63, 3.8) is 0 Å². The highest BCUT2D eigenvalue weighted by Crippen LogP contribution is 2.29. The monoisotopic (exact) mass is 445 g/mol. The van der Waals surface area contributed by atoms with Crippen LogP contribution in [-0.2, 0) is 6.18 Å². The van der Waals surface area contributed by atoms with Crippen molar-refractivity contribution < 1.29 is 13.2 Å². The van der Waals surface area contributed by atoms with Gasteiger partial charge in [0.1, 0.15) is 11.5 Å². The summed E-state index contributed by atoms with van der Waals surface area (Å²) >= 11 is 0. The Morgan fingerprint density at radius 1 is 1.22 bits per heavy atom. The van der Waals surface area contributed by atoms with Gasteiger partial charge in [-0.1, -0.05) is 0 Å². The Morgan fingerprint density at radius 3 is 2.69 bits per heavy atom. The molecule has 3 N–H and O–H groups in total. The van der Waals surface area contributed by atoms with Gasteiger partial charge in [-0.05, 0) is 20.0 Å². The van der Waals surface area contributed by atoms with Crippen molar-refractivity contribution >= 4 is 17.7 Å². The molecule has 4 heterocycles. The summed E-state index contributed by atoms with van der Waals surface area (Å²) in [7, 11) is 1.98. The molecule has 0 spiro atoms. The molecule has 3 aromatic heterocycles. The van der Waals surface area contributed by atoms with Crippen LogP contribution < -0.4 is 10.6 Å². The molecule has 2 atom stereocenters. The summed E-state index contributed by atoms with van der Waals surface area (Å²) in [6.07, 6.45) is 3.05. The molecule has 3 aromatic rings. The van der Waals surface area contributed by atoms with Gasteiger partial charge in [-0.3, -0.25) is 9.30 Å². The molecule has 9 nitrogen and oxygen atoms in total. The highest BCUT2D eigenvalue weighted by molar-refractivity contribution is 5.77. The van der Waals surface area contributed by atoms with Gasteiger partial charge in [-0.25, -0.2) is 19.9 Å². The van der Waals surface area contributed by atoms with Crippen molar-refractivity contribution in [1.82, 2.24) is 29.2 Å². The van der Waals surface area contributed by atoms with Gasteiger partial charge in [0.2, 0.25) is 0 Å². The number of alkyl halides is 3. The van der Waals surface area contributed by atoms with Crippen LogP contribution in [0.1, 0.15) is 12.6 Å². The number of halogens is 3. The van der Waals surface area contributed by atoms with E-state index in [1.165, 1.54) is 23.0 Å². The van der Waals surface area contributed by atoms with Crippen molar-refractivity contribution in [2.45, 2.75) is 25.2 Å². The lowest BCUT2D eigenvalue weighted by Crippen LogP contribution is -2.57. The van der Waals surface area contributed by atoms with Crippen molar-refractivity contribution in [1.29, 1.82) is 5.41 Å². The molecular weight excluding hydrogens is 423 g/mol. The smallest absolute Gasteiger partial charge is 0.404 e. The molecule has 0 aromatic carbocycles. The number of rotatable bonds is 4. The fourth-order valence-electron chi connectivity index (χ4n) is 3.80. The maximum absolute atomic E-state index is 13.1. The summed E-state index contributed by atoms with van der Waals surface area (Å²) in [6.45, 7) is 3.29. The van der Waals surface area contributed by atoms with Crippen LogP contribution in [0.25, 0.3) is 17.2 Å². The van der Waals surface area contributed by atoms with Crippen LogP contribution in [0.5, 0.6) is 0 Å². The molecule has 4 rings (SSSR count). The third kappa shape index (κ3) is 3.88. The predicted molar refractivity (Wildman–Crippen MR) is 113 cm³/mol. The average molecular weight is 445 g/mol. The molecule has 0 bridgehead atoms. The number of nitrogens with zero attached hydrogens (tertiary/aromatic N) is 7. The minimum atomic E-state index is -4.58. The molecule has 0 amide bonds. The minimum absolute atomic E-state index is 0.101. The Kier molecular flexibility index (Phi) is 5.55. The SMILES string of the molecule is CC1CN(c2ccnc(-c3cnc4cnc(C(F)(F)F)cn34)n2)CC(/C(C=N)=C/N)N1C. The average Bonchev–Trinajstić information content (AvgIpc) is 3.20. The summed E-state index contributed by atoms with van der Waals surface area (Å²) in [6, 6.07) is 1.80. The predicted octanol–water partition coefficient (Wildman–Crippen LogP) is 2.21. The standard InChI is InChI=1S/C20H22F3N9/c1-12-9-31(10-15(30(12)2)13(5-24)6-25)17-3-4-26-19(29-17)14-7-28-18-8-27-16(11-32(14)18)20(21,22)23/h3-8,11-12,15,24H,9-10,25H2,1-2H3/b13-6+,24-5?. The normalized spacial score (nSPS) is 20.7. The molecular formula is C20H22F3N9. The van der Waals surface area contributed by atoms with Crippen LogP contribution in [0.15, 0.2) is 42.6 Å². The third-order valence-corrected chi connectivity index (χ3v) is 5.69. The first-order valence-electron chi connectivity index (χ1n) is 9.85. The second kappa shape index (κ2) is 8.19.